The van der Waals surface area contributed by atoms with E-state index in [4.69, 9.17) is 23.2 Å². The van der Waals surface area contributed by atoms with Crippen molar-refractivity contribution in [2.45, 2.75) is 31.7 Å². The normalized spacial score (nSPS) is 15.9. The van der Waals surface area contributed by atoms with Gasteiger partial charge in [-0.2, -0.15) is 0 Å². The van der Waals surface area contributed by atoms with Crippen LogP contribution in [-0.4, -0.2) is 28.5 Å². The monoisotopic (exact) mass is 288 g/mol. The lowest BCUT2D eigenvalue weighted by molar-refractivity contribution is -0.115. The molecule has 1 aromatic heterocycles. The highest BCUT2D eigenvalue weighted by Gasteiger charge is 2.15. The first kappa shape index (κ1) is 13.5. The van der Waals surface area contributed by atoms with Crippen LogP contribution in [0.4, 0.5) is 5.82 Å². The van der Waals surface area contributed by atoms with Gasteiger partial charge in [-0.05, 0) is 24.4 Å². The quantitative estimate of drug-likeness (QED) is 0.659. The molecule has 1 aliphatic rings. The number of carbonyl (C=O) groups is 1. The Bertz CT molecular complexity index is 415. The molecule has 0 saturated heterocycles. The maximum Gasteiger partial charge on any atom is 0.239 e. The summed E-state index contributed by atoms with van der Waals surface area (Å²) >= 11 is 11.4. The summed E-state index contributed by atoms with van der Waals surface area (Å²) in [5, 5.41) is 6.05. The van der Waals surface area contributed by atoms with Gasteiger partial charge >= 0.3 is 0 Å². The third kappa shape index (κ3) is 4.08. The lowest BCUT2D eigenvalue weighted by Gasteiger charge is -2.11. The summed E-state index contributed by atoms with van der Waals surface area (Å²) in [6.45, 7) is 0.268. The minimum Gasteiger partial charge on any atom is -0.309 e. The molecule has 1 saturated carbocycles. The first-order chi connectivity index (χ1) is 8.63. The molecule has 0 atom stereocenters. The van der Waals surface area contributed by atoms with E-state index in [1.165, 1.54) is 18.9 Å². The summed E-state index contributed by atoms with van der Waals surface area (Å²) in [5.41, 5.74) is 0. The lowest BCUT2D eigenvalue weighted by Crippen LogP contribution is -2.34. The molecule has 0 radical (unpaired) electrons. The van der Waals surface area contributed by atoms with Crippen LogP contribution in [0.25, 0.3) is 0 Å². The van der Waals surface area contributed by atoms with Crippen molar-refractivity contribution in [3.8, 4) is 0 Å². The number of halogens is 2. The molecule has 5 nitrogen and oxygen atoms in total. The third-order valence-electron chi connectivity index (χ3n) is 2.84. The molecule has 0 spiro atoms. The Morgan fingerprint density at radius 1 is 1.33 bits per heavy atom. The summed E-state index contributed by atoms with van der Waals surface area (Å²) in [5.74, 6) is 0.158. The fourth-order valence-electron chi connectivity index (χ4n) is 2.01. The van der Waals surface area contributed by atoms with Crippen LogP contribution < -0.4 is 10.6 Å². The predicted octanol–water partition coefficient (Wildman–Crippen LogP) is 2.25. The summed E-state index contributed by atoms with van der Waals surface area (Å²) in [6.07, 6.45) is 4.74. The Morgan fingerprint density at radius 3 is 2.72 bits per heavy atom. The zero-order chi connectivity index (χ0) is 13.0. The molecule has 2 rings (SSSR count). The van der Waals surface area contributed by atoms with Crippen LogP contribution in [0.15, 0.2) is 6.07 Å². The first-order valence-electron chi connectivity index (χ1n) is 5.87. The Hall–Kier alpha value is -0.910. The van der Waals surface area contributed by atoms with Crippen LogP contribution in [-0.2, 0) is 4.79 Å². The Labute approximate surface area is 115 Å². The summed E-state index contributed by atoms with van der Waals surface area (Å²) < 4.78 is 0. The van der Waals surface area contributed by atoms with E-state index in [1.54, 1.807) is 0 Å². The third-order valence-corrected chi connectivity index (χ3v) is 3.20. The molecule has 2 N–H and O–H groups in total. The van der Waals surface area contributed by atoms with Gasteiger partial charge in [-0.15, -0.1) is 0 Å². The Kier molecular flexibility index (Phi) is 4.74. The maximum atomic E-state index is 11.7. The zero-order valence-corrected chi connectivity index (χ0v) is 11.3. The molecule has 1 fully saturated rings. The molecular formula is C11H14Cl2N4O. The molecule has 98 valence electrons. The van der Waals surface area contributed by atoms with Crippen molar-refractivity contribution in [2.75, 3.05) is 11.9 Å². The van der Waals surface area contributed by atoms with Crippen LogP contribution in [0.1, 0.15) is 25.7 Å². The van der Waals surface area contributed by atoms with Crippen molar-refractivity contribution in [1.29, 1.82) is 0 Å². The maximum absolute atomic E-state index is 11.7. The van der Waals surface area contributed by atoms with Crippen LogP contribution in [0.3, 0.4) is 0 Å². The van der Waals surface area contributed by atoms with E-state index in [0.717, 1.165) is 12.8 Å². The van der Waals surface area contributed by atoms with Crippen LogP contribution >= 0.6 is 23.2 Å². The highest BCUT2D eigenvalue weighted by molar-refractivity contribution is 6.32. The number of nitrogens with zero attached hydrogens (tertiary/aromatic N) is 2. The number of rotatable bonds is 4. The topological polar surface area (TPSA) is 66.9 Å². The SMILES string of the molecule is O=C(CNC1CCCC1)Nc1cc(Cl)nc(Cl)n1. The van der Waals surface area contributed by atoms with Gasteiger partial charge in [0.1, 0.15) is 11.0 Å². The molecule has 18 heavy (non-hydrogen) atoms. The number of nitrogens with one attached hydrogen (secondary N) is 2. The van der Waals surface area contributed by atoms with Gasteiger partial charge in [-0.25, -0.2) is 9.97 Å². The first-order valence-corrected chi connectivity index (χ1v) is 6.62. The van der Waals surface area contributed by atoms with E-state index in [0.29, 0.717) is 11.9 Å². The lowest BCUT2D eigenvalue weighted by atomic mass is 10.2. The molecule has 1 aliphatic carbocycles. The Balaban J connectivity index is 1.82. The molecule has 1 heterocycles. The van der Waals surface area contributed by atoms with Crippen LogP contribution in [0.5, 0.6) is 0 Å². The van der Waals surface area contributed by atoms with Gasteiger partial charge in [0.05, 0.1) is 6.54 Å². The highest BCUT2D eigenvalue weighted by atomic mass is 35.5. The van der Waals surface area contributed by atoms with Crippen LogP contribution in [0.2, 0.25) is 10.4 Å². The predicted molar refractivity (Wildman–Crippen MR) is 70.9 cm³/mol. The van der Waals surface area contributed by atoms with Gasteiger partial charge in [0.2, 0.25) is 11.2 Å². The summed E-state index contributed by atoms with van der Waals surface area (Å²) in [4.78, 5) is 19.2. The minimum atomic E-state index is -0.160. The second-order valence-corrected chi connectivity index (χ2v) is 4.98. The fourth-order valence-corrected chi connectivity index (χ4v) is 2.42. The van der Waals surface area contributed by atoms with E-state index in [-0.39, 0.29) is 22.9 Å². The van der Waals surface area contributed by atoms with Crippen molar-refractivity contribution in [1.82, 2.24) is 15.3 Å². The van der Waals surface area contributed by atoms with E-state index in [9.17, 15) is 4.79 Å². The number of anilines is 1. The molecule has 0 unspecified atom stereocenters. The second kappa shape index (κ2) is 6.31. The molecule has 1 aromatic rings. The minimum absolute atomic E-state index is 0.0153. The van der Waals surface area contributed by atoms with E-state index < -0.39 is 0 Å². The van der Waals surface area contributed by atoms with Crippen molar-refractivity contribution < 1.29 is 4.79 Å². The van der Waals surface area contributed by atoms with Crippen molar-refractivity contribution >= 4 is 34.9 Å². The molecule has 7 heteroatoms. The van der Waals surface area contributed by atoms with Crippen LogP contribution in [0, 0.1) is 0 Å². The van der Waals surface area contributed by atoms with Crippen molar-refractivity contribution in [3.05, 3.63) is 16.5 Å². The highest BCUT2D eigenvalue weighted by Crippen LogP contribution is 2.17. The van der Waals surface area contributed by atoms with E-state index in [1.807, 2.05) is 0 Å². The summed E-state index contributed by atoms with van der Waals surface area (Å²) in [6, 6.07) is 1.91. The summed E-state index contributed by atoms with van der Waals surface area (Å²) in [7, 11) is 0. The van der Waals surface area contributed by atoms with Gasteiger partial charge in [0.25, 0.3) is 0 Å². The number of hydrogen-bond donors (Lipinski definition) is 2. The number of carbonyl (C=O) groups excluding carboxylic acids is 1. The standard InChI is InChI=1S/C11H14Cl2N4O/c12-8-5-9(17-11(13)15-8)16-10(18)6-14-7-3-1-2-4-7/h5,7,14H,1-4,6H2,(H,15,16,17,18). The average molecular weight is 289 g/mol. The largest absolute Gasteiger partial charge is 0.309 e. The molecule has 0 bridgehead atoms. The zero-order valence-electron chi connectivity index (χ0n) is 9.75. The van der Waals surface area contributed by atoms with Crippen molar-refractivity contribution in [2.24, 2.45) is 0 Å². The fraction of sp³-hybridized carbons (Fsp3) is 0.545. The smallest absolute Gasteiger partial charge is 0.239 e. The second-order valence-electron chi connectivity index (χ2n) is 4.26. The number of amides is 1. The van der Waals surface area contributed by atoms with E-state index in [2.05, 4.69) is 20.6 Å². The molecular weight excluding hydrogens is 275 g/mol. The van der Waals surface area contributed by atoms with Gasteiger partial charge in [-0.1, -0.05) is 24.4 Å². The van der Waals surface area contributed by atoms with Gasteiger partial charge < -0.3 is 10.6 Å². The van der Waals surface area contributed by atoms with Gasteiger partial charge in [0.15, 0.2) is 0 Å². The number of hydrogen-bond acceptors (Lipinski definition) is 4. The molecule has 0 aliphatic heterocycles. The van der Waals surface area contributed by atoms with Gasteiger partial charge in [-0.3, -0.25) is 4.79 Å². The van der Waals surface area contributed by atoms with E-state index >= 15 is 0 Å². The molecule has 1 amide bonds. The van der Waals surface area contributed by atoms with Gasteiger partial charge in [0, 0.05) is 12.1 Å². The number of aromatic nitrogens is 2. The average Bonchev–Trinajstić information content (AvgIpc) is 2.77. The van der Waals surface area contributed by atoms with Crippen molar-refractivity contribution in [3.63, 3.8) is 0 Å². The molecule has 0 aromatic carbocycles. The Morgan fingerprint density at radius 2 is 2.06 bits per heavy atom.